The molecule has 0 aliphatic carbocycles. The van der Waals surface area contributed by atoms with Crippen LogP contribution in [-0.2, 0) is 14.8 Å². The Balaban J connectivity index is 1.81. The molecule has 30 heavy (non-hydrogen) atoms. The van der Waals surface area contributed by atoms with Crippen molar-refractivity contribution in [2.45, 2.75) is 23.8 Å². The molecule has 158 valence electrons. The molecule has 1 heterocycles. The third-order valence-electron chi connectivity index (χ3n) is 4.76. The van der Waals surface area contributed by atoms with Crippen molar-refractivity contribution in [1.82, 2.24) is 9.62 Å². The van der Waals surface area contributed by atoms with Crippen LogP contribution in [0.15, 0.2) is 66.1 Å². The summed E-state index contributed by atoms with van der Waals surface area (Å²) in [6, 6.07) is 11.5. The van der Waals surface area contributed by atoms with Gasteiger partial charge in [0.1, 0.15) is 6.04 Å². The highest BCUT2D eigenvalue weighted by molar-refractivity contribution is 7.89. The number of sulfonamides is 1. The maximum atomic E-state index is 13.0. The van der Waals surface area contributed by atoms with Crippen molar-refractivity contribution in [3.8, 4) is 0 Å². The summed E-state index contributed by atoms with van der Waals surface area (Å²) in [5.41, 5.74) is 0.609. The Morgan fingerprint density at radius 3 is 2.57 bits per heavy atom. The molecule has 1 atom stereocenters. The van der Waals surface area contributed by atoms with Crippen LogP contribution in [0, 0.1) is 0 Å². The number of hydrogen-bond acceptors (Lipinski definition) is 4. The minimum atomic E-state index is -3.86. The van der Waals surface area contributed by atoms with Crippen LogP contribution < -0.4 is 10.6 Å². The van der Waals surface area contributed by atoms with E-state index in [1.165, 1.54) is 28.6 Å². The van der Waals surface area contributed by atoms with Gasteiger partial charge in [-0.1, -0.05) is 29.8 Å². The Bertz CT molecular complexity index is 1050. The van der Waals surface area contributed by atoms with Gasteiger partial charge < -0.3 is 10.6 Å². The number of amides is 2. The Hall–Kier alpha value is -2.68. The lowest BCUT2D eigenvalue weighted by atomic mass is 10.1. The van der Waals surface area contributed by atoms with Crippen LogP contribution in [0.4, 0.5) is 5.69 Å². The first-order valence-electron chi connectivity index (χ1n) is 9.41. The van der Waals surface area contributed by atoms with Gasteiger partial charge in [0.15, 0.2) is 0 Å². The molecule has 0 spiro atoms. The zero-order valence-corrected chi connectivity index (χ0v) is 17.7. The molecule has 1 aliphatic rings. The number of para-hydroxylation sites is 1. The fraction of sp³-hybridized carbons (Fsp3) is 0.238. The average molecular weight is 448 g/mol. The van der Waals surface area contributed by atoms with E-state index in [1.807, 2.05) is 0 Å². The molecule has 3 rings (SSSR count). The Labute approximate surface area is 180 Å². The number of nitrogens with one attached hydrogen (secondary N) is 2. The maximum Gasteiger partial charge on any atom is 0.253 e. The van der Waals surface area contributed by atoms with Crippen LogP contribution in [0.25, 0.3) is 0 Å². The minimum Gasteiger partial charge on any atom is -0.349 e. The van der Waals surface area contributed by atoms with E-state index in [2.05, 4.69) is 17.2 Å². The predicted octanol–water partition coefficient (Wildman–Crippen LogP) is 3.05. The van der Waals surface area contributed by atoms with Crippen molar-refractivity contribution in [3.63, 3.8) is 0 Å². The highest BCUT2D eigenvalue weighted by atomic mass is 35.5. The lowest BCUT2D eigenvalue weighted by Gasteiger charge is -2.24. The molecule has 0 saturated carbocycles. The second-order valence-corrected chi connectivity index (χ2v) is 9.09. The van der Waals surface area contributed by atoms with Gasteiger partial charge in [0.25, 0.3) is 5.91 Å². The molecule has 2 N–H and O–H groups in total. The van der Waals surface area contributed by atoms with E-state index in [0.29, 0.717) is 23.6 Å². The van der Waals surface area contributed by atoms with E-state index in [9.17, 15) is 18.0 Å². The predicted molar refractivity (Wildman–Crippen MR) is 116 cm³/mol. The van der Waals surface area contributed by atoms with Gasteiger partial charge in [-0.25, -0.2) is 8.42 Å². The standard InChI is InChI=1S/C21H22ClN3O4S/c1-2-13-23-20(26)17-6-3-4-7-18(17)24-21(27)19-8-5-14-25(19)30(28,29)16-11-9-15(22)10-12-16/h2-4,6-7,9-12,19H,1,5,8,13-14H2,(H,23,26)(H,24,27)/t19-/m0/s1. The van der Waals surface area contributed by atoms with Crippen molar-refractivity contribution in [1.29, 1.82) is 0 Å². The number of halogens is 1. The quantitative estimate of drug-likeness (QED) is 0.637. The summed E-state index contributed by atoms with van der Waals surface area (Å²) in [6.07, 6.45) is 2.51. The van der Waals surface area contributed by atoms with E-state index in [1.54, 1.807) is 30.3 Å². The van der Waals surface area contributed by atoms with Crippen LogP contribution in [0.3, 0.4) is 0 Å². The van der Waals surface area contributed by atoms with Gasteiger partial charge in [-0.15, -0.1) is 6.58 Å². The molecule has 2 aromatic rings. The van der Waals surface area contributed by atoms with Gasteiger partial charge in [-0.3, -0.25) is 9.59 Å². The van der Waals surface area contributed by atoms with Gasteiger partial charge in [0.05, 0.1) is 16.1 Å². The zero-order valence-electron chi connectivity index (χ0n) is 16.2. The summed E-state index contributed by atoms with van der Waals surface area (Å²) in [5.74, 6) is -0.836. The summed E-state index contributed by atoms with van der Waals surface area (Å²) in [5, 5.41) is 5.81. The van der Waals surface area contributed by atoms with Gasteiger partial charge in [-0.05, 0) is 49.2 Å². The van der Waals surface area contributed by atoms with E-state index < -0.39 is 22.0 Å². The van der Waals surface area contributed by atoms with Crippen LogP contribution in [0.1, 0.15) is 23.2 Å². The number of nitrogens with zero attached hydrogens (tertiary/aromatic N) is 1. The molecular formula is C21H22ClN3O4S. The van der Waals surface area contributed by atoms with Crippen LogP contribution in [-0.4, -0.2) is 43.7 Å². The lowest BCUT2D eigenvalue weighted by Crippen LogP contribution is -2.43. The number of carbonyl (C=O) groups excluding carboxylic acids is 2. The molecule has 0 radical (unpaired) electrons. The first kappa shape index (κ1) is 22.0. The Kier molecular flexibility index (Phi) is 6.91. The summed E-state index contributed by atoms with van der Waals surface area (Å²) >= 11 is 5.85. The molecule has 7 nitrogen and oxygen atoms in total. The monoisotopic (exact) mass is 447 g/mol. The number of benzene rings is 2. The lowest BCUT2D eigenvalue weighted by molar-refractivity contribution is -0.119. The number of hydrogen-bond donors (Lipinski definition) is 2. The summed E-state index contributed by atoms with van der Waals surface area (Å²) in [7, 11) is -3.86. The van der Waals surface area contributed by atoms with Crippen molar-refractivity contribution < 1.29 is 18.0 Å². The van der Waals surface area contributed by atoms with Crippen molar-refractivity contribution in [3.05, 3.63) is 71.8 Å². The summed E-state index contributed by atoms with van der Waals surface area (Å²) in [4.78, 5) is 25.4. The number of anilines is 1. The first-order chi connectivity index (χ1) is 14.3. The topological polar surface area (TPSA) is 95.6 Å². The van der Waals surface area contributed by atoms with Crippen LogP contribution >= 0.6 is 11.6 Å². The zero-order chi connectivity index (χ0) is 21.7. The van der Waals surface area contributed by atoms with Crippen molar-refractivity contribution >= 4 is 39.1 Å². The van der Waals surface area contributed by atoms with Crippen LogP contribution in [0.2, 0.25) is 5.02 Å². The van der Waals surface area contributed by atoms with Gasteiger partial charge in [0, 0.05) is 18.1 Å². The molecule has 1 aliphatic heterocycles. The van der Waals surface area contributed by atoms with Gasteiger partial charge in [0.2, 0.25) is 15.9 Å². The second-order valence-electron chi connectivity index (χ2n) is 6.76. The van der Waals surface area contributed by atoms with E-state index in [0.717, 1.165) is 0 Å². The molecular weight excluding hydrogens is 426 g/mol. The van der Waals surface area contributed by atoms with Gasteiger partial charge >= 0.3 is 0 Å². The first-order valence-corrected chi connectivity index (χ1v) is 11.2. The molecule has 0 unspecified atom stereocenters. The highest BCUT2D eigenvalue weighted by Gasteiger charge is 2.39. The SMILES string of the molecule is C=CCNC(=O)c1ccccc1NC(=O)[C@@H]1CCCN1S(=O)(=O)c1ccc(Cl)cc1. The van der Waals surface area contributed by atoms with Crippen LogP contribution in [0.5, 0.6) is 0 Å². The Morgan fingerprint density at radius 2 is 1.87 bits per heavy atom. The third kappa shape index (κ3) is 4.72. The Morgan fingerprint density at radius 1 is 1.17 bits per heavy atom. The largest absolute Gasteiger partial charge is 0.349 e. The third-order valence-corrected chi connectivity index (χ3v) is 6.94. The molecule has 9 heteroatoms. The molecule has 0 bridgehead atoms. The second kappa shape index (κ2) is 9.42. The smallest absolute Gasteiger partial charge is 0.253 e. The normalized spacial score (nSPS) is 16.8. The van der Waals surface area contributed by atoms with E-state index in [4.69, 9.17) is 11.6 Å². The fourth-order valence-corrected chi connectivity index (χ4v) is 5.08. The molecule has 0 aromatic heterocycles. The number of rotatable bonds is 7. The fourth-order valence-electron chi connectivity index (χ4n) is 3.30. The summed E-state index contributed by atoms with van der Waals surface area (Å²) in [6.45, 7) is 4.09. The number of carbonyl (C=O) groups is 2. The molecule has 2 aromatic carbocycles. The van der Waals surface area contributed by atoms with E-state index >= 15 is 0 Å². The molecule has 1 saturated heterocycles. The van der Waals surface area contributed by atoms with E-state index in [-0.39, 0.29) is 29.5 Å². The molecule has 1 fully saturated rings. The average Bonchev–Trinajstić information content (AvgIpc) is 3.24. The van der Waals surface area contributed by atoms with Gasteiger partial charge in [-0.2, -0.15) is 4.31 Å². The summed E-state index contributed by atoms with van der Waals surface area (Å²) < 4.78 is 27.3. The minimum absolute atomic E-state index is 0.0794. The van der Waals surface area contributed by atoms with Crippen molar-refractivity contribution in [2.75, 3.05) is 18.4 Å². The maximum absolute atomic E-state index is 13.0. The van der Waals surface area contributed by atoms with Crippen molar-refractivity contribution in [2.24, 2.45) is 0 Å². The highest BCUT2D eigenvalue weighted by Crippen LogP contribution is 2.28. The molecule has 2 amide bonds.